The average molecular weight is 450 g/mol. The van der Waals surface area contributed by atoms with Crippen LogP contribution in [0.25, 0.3) is 0 Å². The number of hydrogen-bond acceptors (Lipinski definition) is 5. The Morgan fingerprint density at radius 3 is 2.64 bits per heavy atom. The second-order valence-electron chi connectivity index (χ2n) is 9.47. The Morgan fingerprint density at radius 1 is 1.03 bits per heavy atom. The van der Waals surface area contributed by atoms with E-state index in [-0.39, 0.29) is 29.3 Å². The maximum absolute atomic E-state index is 13.1. The fraction of sp³-hybridized carbons (Fsp3) is 0.560. The lowest BCUT2D eigenvalue weighted by molar-refractivity contribution is -0.137. The molecule has 2 aliphatic heterocycles. The van der Waals surface area contributed by atoms with Crippen molar-refractivity contribution in [2.45, 2.75) is 70.4 Å². The van der Waals surface area contributed by atoms with Gasteiger partial charge < -0.3 is 14.8 Å². The van der Waals surface area contributed by atoms with Crippen molar-refractivity contribution in [1.82, 2.24) is 24.8 Å². The normalized spacial score (nSPS) is 21.5. The number of fused-ring (bicyclic) bond motifs is 1. The van der Waals surface area contributed by atoms with Crippen molar-refractivity contribution in [2.75, 3.05) is 13.1 Å². The molecule has 8 heteroatoms. The first-order valence-electron chi connectivity index (χ1n) is 12.2. The van der Waals surface area contributed by atoms with Crippen LogP contribution in [0.15, 0.2) is 29.3 Å². The van der Waals surface area contributed by atoms with Gasteiger partial charge >= 0.3 is 0 Å². The number of nitrogens with zero attached hydrogens (tertiary/aromatic N) is 4. The molecule has 0 radical (unpaired) electrons. The summed E-state index contributed by atoms with van der Waals surface area (Å²) in [7, 11) is 0. The number of nitrogens with one attached hydrogen (secondary N) is 1. The van der Waals surface area contributed by atoms with Gasteiger partial charge in [0.1, 0.15) is 5.82 Å². The summed E-state index contributed by atoms with van der Waals surface area (Å²) in [5.74, 6) is 0.755. The largest absolute Gasteiger partial charge is 0.337 e. The van der Waals surface area contributed by atoms with Gasteiger partial charge in [0, 0.05) is 37.8 Å². The Hall–Kier alpha value is -3.03. The number of rotatable bonds is 3. The van der Waals surface area contributed by atoms with E-state index < -0.39 is 0 Å². The van der Waals surface area contributed by atoms with Crippen LogP contribution < -0.4 is 5.56 Å². The zero-order valence-corrected chi connectivity index (χ0v) is 19.0. The third kappa shape index (κ3) is 4.43. The topological polar surface area (TPSA) is 99.3 Å². The number of carbonyl (C=O) groups is 2. The first-order valence-corrected chi connectivity index (χ1v) is 12.2. The number of hydrogen-bond donors (Lipinski definition) is 1. The van der Waals surface area contributed by atoms with Gasteiger partial charge in [0.25, 0.3) is 11.5 Å². The molecule has 0 aromatic carbocycles. The number of likely N-dealkylation sites (tertiary alicyclic amines) is 1. The molecule has 4 heterocycles. The molecule has 5 rings (SSSR count). The Morgan fingerprint density at radius 2 is 1.85 bits per heavy atom. The summed E-state index contributed by atoms with van der Waals surface area (Å²) in [6.07, 6.45) is 11.8. The maximum Gasteiger partial charge on any atom is 0.256 e. The third-order valence-corrected chi connectivity index (χ3v) is 7.34. The third-order valence-electron chi connectivity index (χ3n) is 7.34. The highest BCUT2D eigenvalue weighted by molar-refractivity contribution is 5.94. The number of carbonyl (C=O) groups excluding carboxylic acids is 2. The Bertz CT molecular complexity index is 1080. The molecular formula is C25H31N5O3. The van der Waals surface area contributed by atoms with E-state index in [9.17, 15) is 14.4 Å². The second kappa shape index (κ2) is 9.45. The molecule has 8 nitrogen and oxygen atoms in total. The first kappa shape index (κ1) is 21.8. The summed E-state index contributed by atoms with van der Waals surface area (Å²) in [5, 5.41) is 0. The predicted octanol–water partition coefficient (Wildman–Crippen LogP) is 3.00. The molecule has 33 heavy (non-hydrogen) atoms. The highest BCUT2D eigenvalue weighted by Gasteiger charge is 2.33. The van der Waals surface area contributed by atoms with Gasteiger partial charge in [0.05, 0.1) is 29.4 Å². The molecule has 0 unspecified atom stereocenters. The lowest BCUT2D eigenvalue weighted by Gasteiger charge is -2.36. The van der Waals surface area contributed by atoms with Crippen LogP contribution in [0, 0.1) is 5.92 Å². The van der Waals surface area contributed by atoms with Gasteiger partial charge in [0.15, 0.2) is 0 Å². The summed E-state index contributed by atoms with van der Waals surface area (Å²) >= 11 is 0. The van der Waals surface area contributed by atoms with Crippen molar-refractivity contribution in [3.05, 3.63) is 57.5 Å². The van der Waals surface area contributed by atoms with Crippen molar-refractivity contribution >= 4 is 11.8 Å². The van der Waals surface area contributed by atoms with Crippen LogP contribution in [0.2, 0.25) is 0 Å². The molecule has 1 saturated heterocycles. The van der Waals surface area contributed by atoms with Crippen molar-refractivity contribution < 1.29 is 9.59 Å². The van der Waals surface area contributed by atoms with Crippen LogP contribution in [0.3, 0.4) is 0 Å². The monoisotopic (exact) mass is 449 g/mol. The molecule has 2 amide bonds. The number of aromatic amines is 1. The Balaban J connectivity index is 1.37. The van der Waals surface area contributed by atoms with Crippen molar-refractivity contribution in [2.24, 2.45) is 5.92 Å². The van der Waals surface area contributed by atoms with E-state index in [1.807, 2.05) is 9.80 Å². The highest BCUT2D eigenvalue weighted by atomic mass is 16.2. The van der Waals surface area contributed by atoms with Crippen LogP contribution in [0.5, 0.6) is 0 Å². The number of pyridine rings is 1. The second-order valence-corrected chi connectivity index (χ2v) is 9.47. The molecule has 3 aliphatic rings. The van der Waals surface area contributed by atoms with E-state index in [0.29, 0.717) is 43.0 Å². The van der Waals surface area contributed by atoms with Gasteiger partial charge in [-0.25, -0.2) is 4.98 Å². The van der Waals surface area contributed by atoms with E-state index in [1.54, 1.807) is 24.5 Å². The first-order chi connectivity index (χ1) is 16.1. The molecule has 2 aromatic heterocycles. The zero-order chi connectivity index (χ0) is 22.8. The molecule has 1 saturated carbocycles. The quantitative estimate of drug-likeness (QED) is 0.777. The number of amides is 2. The number of aromatic nitrogens is 3. The van der Waals surface area contributed by atoms with E-state index >= 15 is 0 Å². The van der Waals surface area contributed by atoms with Gasteiger partial charge in [-0.1, -0.05) is 19.3 Å². The molecular weight excluding hydrogens is 418 g/mol. The standard InChI is InChI=1S/C25H31N5O3/c31-23-19-16-29(24(32)17-7-2-1-3-8-17)14-11-20(19)27-22(28-23)21-10-4-5-13-30(21)25(33)18-9-6-12-26-15-18/h6,9,12,15,17,21H,1-5,7-8,10-11,13-14,16H2,(H,27,28,31)/t21-/m0/s1. The van der Waals surface area contributed by atoms with Crippen LogP contribution in [0.1, 0.15) is 84.8 Å². The molecule has 1 N–H and O–H groups in total. The zero-order valence-electron chi connectivity index (χ0n) is 19.0. The minimum absolute atomic E-state index is 0.0857. The Kier molecular flexibility index (Phi) is 6.24. The van der Waals surface area contributed by atoms with Gasteiger partial charge in [-0.2, -0.15) is 0 Å². The highest BCUT2D eigenvalue weighted by Crippen LogP contribution is 2.31. The van der Waals surface area contributed by atoms with Gasteiger partial charge in [0.2, 0.25) is 5.91 Å². The number of piperidine rings is 1. The molecule has 1 atom stereocenters. The van der Waals surface area contributed by atoms with Gasteiger partial charge in [-0.05, 0) is 44.2 Å². The van der Waals surface area contributed by atoms with Gasteiger partial charge in [-0.3, -0.25) is 19.4 Å². The van der Waals surface area contributed by atoms with Crippen LogP contribution >= 0.6 is 0 Å². The summed E-state index contributed by atoms with van der Waals surface area (Å²) < 4.78 is 0. The van der Waals surface area contributed by atoms with Crippen molar-refractivity contribution in [3.8, 4) is 0 Å². The smallest absolute Gasteiger partial charge is 0.256 e. The fourth-order valence-electron chi connectivity index (χ4n) is 5.51. The van der Waals surface area contributed by atoms with Crippen molar-refractivity contribution in [1.29, 1.82) is 0 Å². The summed E-state index contributed by atoms with van der Waals surface area (Å²) in [5.41, 5.74) is 1.72. The van der Waals surface area contributed by atoms with Crippen LogP contribution in [-0.2, 0) is 17.8 Å². The summed E-state index contributed by atoms with van der Waals surface area (Å²) in [4.78, 5) is 54.7. The molecule has 1 aliphatic carbocycles. The lowest BCUT2D eigenvalue weighted by atomic mass is 9.88. The summed E-state index contributed by atoms with van der Waals surface area (Å²) in [6, 6.07) is 3.26. The molecule has 0 bridgehead atoms. The molecule has 2 fully saturated rings. The molecule has 0 spiro atoms. The van der Waals surface area contributed by atoms with Crippen LogP contribution in [-0.4, -0.2) is 49.7 Å². The fourth-order valence-corrected chi connectivity index (χ4v) is 5.51. The van der Waals surface area contributed by atoms with E-state index in [4.69, 9.17) is 4.98 Å². The summed E-state index contributed by atoms with van der Waals surface area (Å²) in [6.45, 7) is 1.56. The minimum atomic E-state index is -0.258. The van der Waals surface area contributed by atoms with E-state index in [1.165, 1.54) is 6.42 Å². The van der Waals surface area contributed by atoms with Gasteiger partial charge in [-0.15, -0.1) is 0 Å². The van der Waals surface area contributed by atoms with E-state index in [2.05, 4.69) is 9.97 Å². The molecule has 2 aromatic rings. The SMILES string of the molecule is O=C(C1CCCCC1)N1CCc2nc([C@@H]3CCCCN3C(=O)c3cccnc3)[nH]c(=O)c2C1. The molecule has 174 valence electrons. The minimum Gasteiger partial charge on any atom is -0.337 e. The maximum atomic E-state index is 13.1. The average Bonchev–Trinajstić information content (AvgIpc) is 2.88. The number of H-pyrrole nitrogens is 1. The van der Waals surface area contributed by atoms with E-state index in [0.717, 1.165) is 50.6 Å². The Labute approximate surface area is 193 Å². The lowest BCUT2D eigenvalue weighted by Crippen LogP contribution is -2.44. The van der Waals surface area contributed by atoms with Crippen molar-refractivity contribution in [3.63, 3.8) is 0 Å². The van der Waals surface area contributed by atoms with Crippen LogP contribution in [0.4, 0.5) is 0 Å². The predicted molar refractivity (Wildman–Crippen MR) is 122 cm³/mol.